The summed E-state index contributed by atoms with van der Waals surface area (Å²) in [6.45, 7) is 2.54. The highest BCUT2D eigenvalue weighted by Gasteiger charge is 2.11. The lowest BCUT2D eigenvalue weighted by atomic mass is 10.4. The quantitative estimate of drug-likeness (QED) is 0.495. The Morgan fingerprint density at radius 1 is 1.30 bits per heavy atom. The van der Waals surface area contributed by atoms with E-state index in [1.165, 1.54) is 17.1 Å². The molecule has 10 nitrogen and oxygen atoms in total. The van der Waals surface area contributed by atoms with Gasteiger partial charge in [0.05, 0.1) is 15.6 Å². The second-order valence-corrected chi connectivity index (χ2v) is 5.23. The van der Waals surface area contributed by atoms with Crippen molar-refractivity contribution in [3.05, 3.63) is 51.2 Å². The van der Waals surface area contributed by atoms with Crippen molar-refractivity contribution in [3.8, 4) is 0 Å². The fourth-order valence-electron chi connectivity index (χ4n) is 1.95. The van der Waals surface area contributed by atoms with Crippen LogP contribution in [0.25, 0.3) is 0 Å². The molecule has 0 bridgehead atoms. The normalized spacial score (nSPS) is 11.0. The molecule has 0 aromatic carbocycles. The lowest BCUT2D eigenvalue weighted by Gasteiger charge is -1.97. The van der Waals surface area contributed by atoms with Gasteiger partial charge < -0.3 is 4.42 Å². The summed E-state index contributed by atoms with van der Waals surface area (Å²) in [5.41, 5.74) is 0.675. The number of hydrogen-bond acceptors (Lipinski definition) is 7. The Morgan fingerprint density at radius 3 is 2.74 bits per heavy atom. The number of nitrogens with zero attached hydrogens (tertiary/aromatic N) is 7. The zero-order chi connectivity index (χ0) is 16.4. The van der Waals surface area contributed by atoms with Crippen LogP contribution >= 0.6 is 11.6 Å². The molecule has 0 aliphatic rings. The number of rotatable bonds is 6. The zero-order valence-electron chi connectivity index (χ0n) is 12.1. The van der Waals surface area contributed by atoms with Crippen LogP contribution in [0.1, 0.15) is 17.5 Å². The minimum atomic E-state index is -0.495. The minimum Gasteiger partial charge on any atom is -0.423 e. The summed E-state index contributed by atoms with van der Waals surface area (Å²) in [7, 11) is 0. The Kier molecular flexibility index (Phi) is 4.06. The smallest absolute Gasteiger partial charge is 0.306 e. The average Bonchev–Trinajstić information content (AvgIpc) is 3.19. The molecule has 0 saturated heterocycles. The van der Waals surface area contributed by atoms with Gasteiger partial charge in [-0.2, -0.15) is 10.2 Å². The molecule has 3 rings (SSSR count). The molecule has 0 amide bonds. The van der Waals surface area contributed by atoms with Crippen LogP contribution in [0.3, 0.4) is 0 Å². The van der Waals surface area contributed by atoms with Gasteiger partial charge in [0, 0.05) is 19.2 Å². The third-order valence-electron chi connectivity index (χ3n) is 3.08. The Bertz CT molecular complexity index is 818. The summed E-state index contributed by atoms with van der Waals surface area (Å²) < 4.78 is 8.59. The van der Waals surface area contributed by atoms with Gasteiger partial charge in [-0.05, 0) is 6.92 Å². The van der Waals surface area contributed by atoms with Gasteiger partial charge in [-0.1, -0.05) is 11.6 Å². The lowest BCUT2D eigenvalue weighted by Crippen LogP contribution is -2.02. The van der Waals surface area contributed by atoms with Crippen molar-refractivity contribution in [1.29, 1.82) is 0 Å². The molecule has 0 radical (unpaired) electrons. The van der Waals surface area contributed by atoms with E-state index in [4.69, 9.17) is 16.0 Å². The zero-order valence-corrected chi connectivity index (χ0v) is 12.8. The monoisotopic (exact) mass is 337 g/mol. The van der Waals surface area contributed by atoms with E-state index in [-0.39, 0.29) is 5.69 Å². The van der Waals surface area contributed by atoms with E-state index in [1.54, 1.807) is 17.8 Å². The second-order valence-electron chi connectivity index (χ2n) is 4.82. The van der Waals surface area contributed by atoms with E-state index in [0.29, 0.717) is 36.3 Å². The van der Waals surface area contributed by atoms with Crippen molar-refractivity contribution in [3.63, 3.8) is 0 Å². The molecule has 3 heterocycles. The molecular weight excluding hydrogens is 326 g/mol. The highest BCUT2D eigenvalue weighted by Crippen LogP contribution is 2.13. The molecule has 0 aliphatic heterocycles. The largest absolute Gasteiger partial charge is 0.423 e. The van der Waals surface area contributed by atoms with Crippen LogP contribution in [-0.2, 0) is 19.5 Å². The molecule has 0 aliphatic carbocycles. The molecule has 0 fully saturated rings. The third-order valence-corrected chi connectivity index (χ3v) is 3.45. The average molecular weight is 338 g/mol. The van der Waals surface area contributed by atoms with Crippen molar-refractivity contribution in [2.75, 3.05) is 0 Å². The summed E-state index contributed by atoms with van der Waals surface area (Å²) in [5, 5.41) is 27.1. The van der Waals surface area contributed by atoms with Crippen molar-refractivity contribution in [2.24, 2.45) is 0 Å². The van der Waals surface area contributed by atoms with Crippen LogP contribution < -0.4 is 0 Å². The summed E-state index contributed by atoms with van der Waals surface area (Å²) in [6, 6.07) is 0. The Balaban J connectivity index is 1.59. The highest BCUT2D eigenvalue weighted by molar-refractivity contribution is 6.31. The SMILES string of the molecule is Cc1nn(Cc2nnc(CCn3cc([N+](=O)[O-])cn3)o2)cc1Cl. The molecule has 0 spiro atoms. The molecule has 0 N–H and O–H groups in total. The molecule has 3 aromatic rings. The van der Waals surface area contributed by atoms with E-state index in [0.717, 1.165) is 5.69 Å². The van der Waals surface area contributed by atoms with Crippen molar-refractivity contribution < 1.29 is 9.34 Å². The topological polar surface area (TPSA) is 118 Å². The van der Waals surface area contributed by atoms with Gasteiger partial charge in [0.25, 0.3) is 0 Å². The Morgan fingerprint density at radius 2 is 2.09 bits per heavy atom. The van der Waals surface area contributed by atoms with Crippen LogP contribution in [-0.4, -0.2) is 34.7 Å². The summed E-state index contributed by atoms with van der Waals surface area (Å²) in [6.07, 6.45) is 4.66. The van der Waals surface area contributed by atoms with Crippen molar-refractivity contribution in [1.82, 2.24) is 29.8 Å². The van der Waals surface area contributed by atoms with Crippen LogP contribution in [0.4, 0.5) is 5.69 Å². The first-order valence-corrected chi connectivity index (χ1v) is 7.06. The predicted octanol–water partition coefficient (Wildman–Crippen LogP) is 1.62. The number of hydrogen-bond donors (Lipinski definition) is 0. The predicted molar refractivity (Wildman–Crippen MR) is 78.0 cm³/mol. The molecule has 23 heavy (non-hydrogen) atoms. The second kappa shape index (κ2) is 6.16. The Labute approximate surface area is 134 Å². The molecule has 0 atom stereocenters. The maximum absolute atomic E-state index is 10.6. The lowest BCUT2D eigenvalue weighted by molar-refractivity contribution is -0.385. The van der Waals surface area contributed by atoms with Gasteiger partial charge in [-0.25, -0.2) is 0 Å². The molecular formula is C12H12ClN7O3. The molecule has 0 unspecified atom stereocenters. The van der Waals surface area contributed by atoms with Crippen LogP contribution in [0.15, 0.2) is 23.0 Å². The first-order chi connectivity index (χ1) is 11.0. The third kappa shape index (κ3) is 3.54. The summed E-state index contributed by atoms with van der Waals surface area (Å²) in [4.78, 5) is 10.1. The van der Waals surface area contributed by atoms with Gasteiger partial charge in [-0.15, -0.1) is 10.2 Å². The van der Waals surface area contributed by atoms with Gasteiger partial charge in [0.15, 0.2) is 0 Å². The molecule has 3 aromatic heterocycles. The summed E-state index contributed by atoms with van der Waals surface area (Å²) in [5.74, 6) is 0.832. The van der Waals surface area contributed by atoms with Crippen LogP contribution in [0.2, 0.25) is 5.02 Å². The first-order valence-electron chi connectivity index (χ1n) is 6.69. The number of aromatic nitrogens is 6. The van der Waals surface area contributed by atoms with Gasteiger partial charge >= 0.3 is 5.69 Å². The fraction of sp³-hybridized carbons (Fsp3) is 0.333. The first kappa shape index (κ1) is 15.2. The molecule has 0 saturated carbocycles. The van der Waals surface area contributed by atoms with Gasteiger partial charge in [0.2, 0.25) is 11.8 Å². The molecule has 11 heteroatoms. The molecule has 120 valence electrons. The van der Waals surface area contributed by atoms with Gasteiger partial charge in [-0.3, -0.25) is 19.5 Å². The van der Waals surface area contributed by atoms with Crippen molar-refractivity contribution in [2.45, 2.75) is 26.4 Å². The number of halogens is 1. The summed E-state index contributed by atoms with van der Waals surface area (Å²) >= 11 is 5.93. The van der Waals surface area contributed by atoms with Crippen LogP contribution in [0.5, 0.6) is 0 Å². The van der Waals surface area contributed by atoms with E-state index in [1.807, 2.05) is 0 Å². The number of nitro groups is 1. The van der Waals surface area contributed by atoms with E-state index < -0.39 is 4.92 Å². The highest BCUT2D eigenvalue weighted by atomic mass is 35.5. The van der Waals surface area contributed by atoms with E-state index in [2.05, 4.69) is 20.4 Å². The van der Waals surface area contributed by atoms with Crippen LogP contribution in [0, 0.1) is 17.0 Å². The fourth-order valence-corrected chi connectivity index (χ4v) is 2.10. The van der Waals surface area contributed by atoms with E-state index >= 15 is 0 Å². The number of aryl methyl sites for hydroxylation is 3. The minimum absolute atomic E-state index is 0.0536. The Hall–Kier alpha value is -2.75. The standard InChI is InChI=1S/C12H12ClN7O3/c1-8-10(13)6-19(17-8)7-12-16-15-11(23-12)2-3-18-5-9(4-14-18)20(21)22/h4-6H,2-3,7H2,1H3. The van der Waals surface area contributed by atoms with Crippen molar-refractivity contribution >= 4 is 17.3 Å². The maximum Gasteiger partial charge on any atom is 0.306 e. The van der Waals surface area contributed by atoms with E-state index in [9.17, 15) is 10.1 Å². The van der Waals surface area contributed by atoms with Gasteiger partial charge in [0.1, 0.15) is 18.9 Å². The maximum atomic E-state index is 10.6.